The molecule has 0 radical (unpaired) electrons. The summed E-state index contributed by atoms with van der Waals surface area (Å²) in [5.41, 5.74) is 8.78. The maximum Gasteiger partial charge on any atom is 0.160 e. The first-order chi connectivity index (χ1) is 22.3. The summed E-state index contributed by atoms with van der Waals surface area (Å²) in [4.78, 5) is 9.94. The number of benzene rings is 7. The van der Waals surface area contributed by atoms with Crippen molar-refractivity contribution in [2.24, 2.45) is 0 Å². The molecular formula is C42H26N2O. The molecule has 0 N–H and O–H groups in total. The van der Waals surface area contributed by atoms with Crippen LogP contribution in [0.2, 0.25) is 0 Å². The van der Waals surface area contributed by atoms with E-state index in [4.69, 9.17) is 14.4 Å². The smallest absolute Gasteiger partial charge is 0.160 e. The molecule has 2 aromatic heterocycles. The van der Waals surface area contributed by atoms with Gasteiger partial charge in [0.15, 0.2) is 5.82 Å². The molecule has 9 aromatic rings. The molecule has 0 aliphatic heterocycles. The van der Waals surface area contributed by atoms with E-state index in [0.717, 1.165) is 55.6 Å². The molecule has 7 aromatic carbocycles. The Balaban J connectivity index is 1.14. The number of hydrogen-bond acceptors (Lipinski definition) is 3. The van der Waals surface area contributed by atoms with Gasteiger partial charge in [-0.25, -0.2) is 9.97 Å². The quantitative estimate of drug-likeness (QED) is 0.196. The summed E-state index contributed by atoms with van der Waals surface area (Å²) in [5.74, 6) is 0.699. The van der Waals surface area contributed by atoms with Crippen LogP contribution in [-0.2, 0) is 0 Å². The highest BCUT2D eigenvalue weighted by Crippen LogP contribution is 2.36. The van der Waals surface area contributed by atoms with Crippen LogP contribution < -0.4 is 0 Å². The third kappa shape index (κ3) is 4.45. The van der Waals surface area contributed by atoms with Gasteiger partial charge in [0.05, 0.1) is 11.4 Å². The zero-order valence-electron chi connectivity index (χ0n) is 24.3. The van der Waals surface area contributed by atoms with Crippen LogP contribution >= 0.6 is 0 Å². The molecule has 0 aliphatic rings. The highest BCUT2D eigenvalue weighted by Gasteiger charge is 2.14. The molecule has 3 nitrogen and oxygen atoms in total. The van der Waals surface area contributed by atoms with Crippen molar-refractivity contribution >= 4 is 43.5 Å². The van der Waals surface area contributed by atoms with Gasteiger partial charge in [0, 0.05) is 27.5 Å². The Bertz CT molecular complexity index is 2470. The van der Waals surface area contributed by atoms with Crippen molar-refractivity contribution in [3.63, 3.8) is 0 Å². The van der Waals surface area contributed by atoms with Crippen LogP contribution in [0.3, 0.4) is 0 Å². The third-order valence-corrected chi connectivity index (χ3v) is 8.68. The molecule has 0 bridgehead atoms. The van der Waals surface area contributed by atoms with Crippen LogP contribution in [0.5, 0.6) is 0 Å². The Morgan fingerprint density at radius 2 is 0.867 bits per heavy atom. The molecule has 9 rings (SSSR count). The van der Waals surface area contributed by atoms with Gasteiger partial charge in [-0.05, 0) is 69.1 Å². The minimum absolute atomic E-state index is 0.699. The monoisotopic (exact) mass is 574 g/mol. The summed E-state index contributed by atoms with van der Waals surface area (Å²) < 4.78 is 6.51. The highest BCUT2D eigenvalue weighted by atomic mass is 16.3. The van der Waals surface area contributed by atoms with Crippen molar-refractivity contribution in [2.45, 2.75) is 0 Å². The van der Waals surface area contributed by atoms with Crippen LogP contribution in [0.1, 0.15) is 0 Å². The lowest BCUT2D eigenvalue weighted by Crippen LogP contribution is -1.95. The Morgan fingerprint density at radius 1 is 0.333 bits per heavy atom. The average Bonchev–Trinajstić information content (AvgIpc) is 3.49. The Kier molecular flexibility index (Phi) is 5.82. The van der Waals surface area contributed by atoms with E-state index in [0.29, 0.717) is 5.82 Å². The molecule has 0 aliphatic carbocycles. The van der Waals surface area contributed by atoms with E-state index in [2.05, 4.69) is 109 Å². The first kappa shape index (κ1) is 25.4. The van der Waals surface area contributed by atoms with E-state index < -0.39 is 0 Å². The standard InChI is InChI=1S/C42H26N2O/c1-3-10-28(11-4-1)38-26-39(44-42(43-38)29-12-5-2-6-13-29)33-19-22-37-36-21-18-31(24-40(36)45-41(37)25-33)30-17-20-35-32(23-30)16-15-27-9-7-8-14-34(27)35/h1-26H. The summed E-state index contributed by atoms with van der Waals surface area (Å²) in [6.07, 6.45) is 0. The summed E-state index contributed by atoms with van der Waals surface area (Å²) in [5, 5.41) is 7.23. The molecule has 0 amide bonds. The normalized spacial score (nSPS) is 11.6. The molecular weight excluding hydrogens is 548 g/mol. The predicted octanol–water partition coefficient (Wildman–Crippen LogP) is 11.4. The van der Waals surface area contributed by atoms with Gasteiger partial charge in [0.2, 0.25) is 0 Å². The van der Waals surface area contributed by atoms with Gasteiger partial charge < -0.3 is 4.42 Å². The number of fused-ring (bicyclic) bond motifs is 6. The summed E-state index contributed by atoms with van der Waals surface area (Å²) >= 11 is 0. The van der Waals surface area contributed by atoms with Crippen molar-refractivity contribution in [2.75, 3.05) is 0 Å². The zero-order chi connectivity index (χ0) is 29.7. The SMILES string of the molecule is c1ccc(-c2cc(-c3ccc4c(c3)oc3cc(-c5ccc6c(ccc7ccccc76)c5)ccc34)nc(-c3ccccc3)n2)cc1. The highest BCUT2D eigenvalue weighted by molar-refractivity contribution is 6.09. The van der Waals surface area contributed by atoms with E-state index >= 15 is 0 Å². The lowest BCUT2D eigenvalue weighted by atomic mass is 9.97. The van der Waals surface area contributed by atoms with Crippen molar-refractivity contribution in [1.82, 2.24) is 9.97 Å². The molecule has 45 heavy (non-hydrogen) atoms. The number of hydrogen-bond donors (Lipinski definition) is 0. The molecule has 2 heterocycles. The van der Waals surface area contributed by atoms with Crippen molar-refractivity contribution < 1.29 is 4.42 Å². The van der Waals surface area contributed by atoms with E-state index in [-0.39, 0.29) is 0 Å². The minimum atomic E-state index is 0.699. The fraction of sp³-hybridized carbons (Fsp3) is 0. The van der Waals surface area contributed by atoms with Crippen LogP contribution in [0, 0.1) is 0 Å². The molecule has 210 valence electrons. The number of rotatable bonds is 4. The van der Waals surface area contributed by atoms with Crippen LogP contribution in [0.4, 0.5) is 0 Å². The van der Waals surface area contributed by atoms with Gasteiger partial charge in [-0.1, -0.05) is 121 Å². The number of furan rings is 1. The van der Waals surface area contributed by atoms with E-state index in [1.165, 1.54) is 27.1 Å². The summed E-state index contributed by atoms with van der Waals surface area (Å²) in [6, 6.07) is 55.0. The van der Waals surface area contributed by atoms with Gasteiger partial charge in [0.25, 0.3) is 0 Å². The maximum absolute atomic E-state index is 6.51. The fourth-order valence-electron chi connectivity index (χ4n) is 6.38. The van der Waals surface area contributed by atoms with Crippen LogP contribution in [-0.4, -0.2) is 9.97 Å². The number of nitrogens with zero attached hydrogens (tertiary/aromatic N) is 2. The predicted molar refractivity (Wildman–Crippen MR) is 186 cm³/mol. The lowest BCUT2D eigenvalue weighted by Gasteiger charge is -2.09. The van der Waals surface area contributed by atoms with E-state index in [1.54, 1.807) is 0 Å². The third-order valence-electron chi connectivity index (χ3n) is 8.68. The minimum Gasteiger partial charge on any atom is -0.456 e. The second-order valence-electron chi connectivity index (χ2n) is 11.4. The summed E-state index contributed by atoms with van der Waals surface area (Å²) in [6.45, 7) is 0. The lowest BCUT2D eigenvalue weighted by molar-refractivity contribution is 0.669. The van der Waals surface area contributed by atoms with Crippen LogP contribution in [0.25, 0.3) is 88.5 Å². The second kappa shape index (κ2) is 10.3. The summed E-state index contributed by atoms with van der Waals surface area (Å²) in [7, 11) is 0. The molecule has 0 spiro atoms. The second-order valence-corrected chi connectivity index (χ2v) is 11.4. The van der Waals surface area contributed by atoms with Gasteiger partial charge in [-0.2, -0.15) is 0 Å². The van der Waals surface area contributed by atoms with E-state index in [1.807, 2.05) is 48.5 Å². The van der Waals surface area contributed by atoms with Gasteiger partial charge in [-0.3, -0.25) is 0 Å². The van der Waals surface area contributed by atoms with E-state index in [9.17, 15) is 0 Å². The molecule has 0 fully saturated rings. The first-order valence-electron chi connectivity index (χ1n) is 15.2. The first-order valence-corrected chi connectivity index (χ1v) is 15.2. The van der Waals surface area contributed by atoms with Crippen molar-refractivity contribution in [3.8, 4) is 45.0 Å². The molecule has 3 heteroatoms. The van der Waals surface area contributed by atoms with Gasteiger partial charge >= 0.3 is 0 Å². The molecule has 0 saturated carbocycles. The Hall–Kier alpha value is -6.06. The maximum atomic E-state index is 6.51. The molecule has 0 unspecified atom stereocenters. The van der Waals surface area contributed by atoms with Gasteiger partial charge in [0.1, 0.15) is 11.2 Å². The molecule has 0 atom stereocenters. The average molecular weight is 575 g/mol. The van der Waals surface area contributed by atoms with Crippen molar-refractivity contribution in [3.05, 3.63) is 158 Å². The number of aromatic nitrogens is 2. The fourth-order valence-corrected chi connectivity index (χ4v) is 6.38. The Labute approximate surface area is 260 Å². The Morgan fingerprint density at radius 3 is 1.62 bits per heavy atom. The topological polar surface area (TPSA) is 38.9 Å². The van der Waals surface area contributed by atoms with Crippen molar-refractivity contribution in [1.29, 1.82) is 0 Å². The van der Waals surface area contributed by atoms with Crippen LogP contribution in [0.15, 0.2) is 162 Å². The largest absolute Gasteiger partial charge is 0.456 e. The zero-order valence-corrected chi connectivity index (χ0v) is 24.3. The van der Waals surface area contributed by atoms with Gasteiger partial charge in [-0.15, -0.1) is 0 Å². The molecule has 0 saturated heterocycles.